The lowest BCUT2D eigenvalue weighted by Crippen LogP contribution is -2.24. The molecule has 0 aliphatic carbocycles. The van der Waals surface area contributed by atoms with Crippen molar-refractivity contribution in [2.24, 2.45) is 0 Å². The highest BCUT2D eigenvalue weighted by atomic mass is 79.9. The summed E-state index contributed by atoms with van der Waals surface area (Å²) in [6.07, 6.45) is 0.937. The van der Waals surface area contributed by atoms with Gasteiger partial charge in [0.05, 0.1) is 16.1 Å². The van der Waals surface area contributed by atoms with E-state index in [1.165, 1.54) is 6.07 Å². The minimum Gasteiger partial charge on any atom is -0.306 e. The van der Waals surface area contributed by atoms with Crippen molar-refractivity contribution in [3.63, 3.8) is 0 Å². The Morgan fingerprint density at radius 2 is 1.95 bits per heavy atom. The summed E-state index contributed by atoms with van der Waals surface area (Å²) < 4.78 is 15.0. The van der Waals surface area contributed by atoms with Crippen LogP contribution in [0.3, 0.4) is 0 Å². The second kappa shape index (κ2) is 7.59. The molecule has 2 aromatic rings. The predicted octanol–water partition coefficient (Wildman–Crippen LogP) is 5.98. The first-order valence-electron chi connectivity index (χ1n) is 6.66. The van der Waals surface area contributed by atoms with E-state index in [1.54, 1.807) is 12.1 Å². The van der Waals surface area contributed by atoms with Crippen LogP contribution in [0.5, 0.6) is 0 Å². The van der Waals surface area contributed by atoms with Crippen molar-refractivity contribution < 1.29 is 4.39 Å². The fraction of sp³-hybridized carbons (Fsp3) is 0.250. The van der Waals surface area contributed by atoms with Crippen molar-refractivity contribution in [2.75, 3.05) is 6.54 Å². The minimum atomic E-state index is -0.329. The smallest absolute Gasteiger partial charge is 0.129 e. The van der Waals surface area contributed by atoms with Gasteiger partial charge < -0.3 is 5.32 Å². The van der Waals surface area contributed by atoms with Gasteiger partial charge in [-0.3, -0.25) is 0 Å². The molecule has 112 valence electrons. The van der Waals surface area contributed by atoms with E-state index < -0.39 is 0 Å². The van der Waals surface area contributed by atoms with E-state index in [0.29, 0.717) is 20.1 Å². The fourth-order valence-electron chi connectivity index (χ4n) is 2.16. The number of hydrogen-bond acceptors (Lipinski definition) is 1. The molecule has 2 rings (SSSR count). The molecule has 0 heterocycles. The van der Waals surface area contributed by atoms with Crippen LogP contribution in [0.25, 0.3) is 0 Å². The molecule has 0 saturated heterocycles. The van der Waals surface area contributed by atoms with Crippen LogP contribution in [-0.4, -0.2) is 6.54 Å². The largest absolute Gasteiger partial charge is 0.306 e. The Labute approximate surface area is 142 Å². The van der Waals surface area contributed by atoms with Gasteiger partial charge >= 0.3 is 0 Å². The minimum absolute atomic E-state index is 0.283. The summed E-state index contributed by atoms with van der Waals surface area (Å²) in [4.78, 5) is 0. The zero-order chi connectivity index (χ0) is 15.4. The van der Waals surface area contributed by atoms with Gasteiger partial charge in [-0.15, -0.1) is 0 Å². The first-order chi connectivity index (χ1) is 10.0. The Morgan fingerprint density at radius 3 is 2.62 bits per heavy atom. The Bertz CT molecular complexity index is 634. The summed E-state index contributed by atoms with van der Waals surface area (Å²) in [7, 11) is 0. The Hall–Kier alpha value is -0.610. The van der Waals surface area contributed by atoms with Crippen molar-refractivity contribution in [1.29, 1.82) is 0 Å². The van der Waals surface area contributed by atoms with E-state index >= 15 is 0 Å². The molecule has 1 N–H and O–H groups in total. The highest BCUT2D eigenvalue weighted by Gasteiger charge is 2.20. The molecule has 0 radical (unpaired) electrons. The number of benzene rings is 2. The van der Waals surface area contributed by atoms with E-state index in [9.17, 15) is 4.39 Å². The van der Waals surface area contributed by atoms with Gasteiger partial charge in [0, 0.05) is 10.0 Å². The molecular formula is C16H15BrCl2FN. The van der Waals surface area contributed by atoms with Gasteiger partial charge in [0.15, 0.2) is 0 Å². The van der Waals surface area contributed by atoms with E-state index in [-0.39, 0.29) is 11.9 Å². The van der Waals surface area contributed by atoms with Crippen LogP contribution in [0.1, 0.15) is 30.5 Å². The molecule has 0 fully saturated rings. The first kappa shape index (κ1) is 16.8. The van der Waals surface area contributed by atoms with E-state index in [0.717, 1.165) is 18.5 Å². The summed E-state index contributed by atoms with van der Waals surface area (Å²) in [5.74, 6) is -0.283. The molecule has 0 aliphatic heterocycles. The summed E-state index contributed by atoms with van der Waals surface area (Å²) in [6.45, 7) is 2.81. The summed E-state index contributed by atoms with van der Waals surface area (Å²) in [6, 6.07) is 10.1. The van der Waals surface area contributed by atoms with Crippen LogP contribution < -0.4 is 5.32 Å². The molecule has 0 aromatic heterocycles. The summed E-state index contributed by atoms with van der Waals surface area (Å²) in [5.41, 5.74) is 1.33. The standard InChI is InChI=1S/C16H15BrCl2FN/c1-2-8-21-16(11-7-6-10(17)9-14(11)20)12-4-3-5-13(18)15(12)19/h3-7,9,16,21H,2,8H2,1H3. The van der Waals surface area contributed by atoms with E-state index in [1.807, 2.05) is 18.2 Å². The van der Waals surface area contributed by atoms with Crippen molar-refractivity contribution in [3.8, 4) is 0 Å². The monoisotopic (exact) mass is 389 g/mol. The van der Waals surface area contributed by atoms with Crippen LogP contribution in [-0.2, 0) is 0 Å². The maximum Gasteiger partial charge on any atom is 0.129 e. The second-order valence-corrected chi connectivity index (χ2v) is 6.40. The van der Waals surface area contributed by atoms with Gasteiger partial charge in [0.1, 0.15) is 5.82 Å². The molecular weight excluding hydrogens is 376 g/mol. The molecule has 21 heavy (non-hydrogen) atoms. The van der Waals surface area contributed by atoms with Gasteiger partial charge in [0.25, 0.3) is 0 Å². The average Bonchev–Trinajstić information content (AvgIpc) is 2.45. The van der Waals surface area contributed by atoms with Crippen LogP contribution in [0, 0.1) is 5.82 Å². The third kappa shape index (κ3) is 3.98. The molecule has 2 aromatic carbocycles. The van der Waals surface area contributed by atoms with E-state index in [4.69, 9.17) is 23.2 Å². The number of hydrogen-bond donors (Lipinski definition) is 1. The topological polar surface area (TPSA) is 12.0 Å². The molecule has 0 bridgehead atoms. The molecule has 0 amide bonds. The van der Waals surface area contributed by atoms with Crippen molar-refractivity contribution >= 4 is 39.1 Å². The molecule has 1 atom stereocenters. The lowest BCUT2D eigenvalue weighted by atomic mass is 9.98. The third-order valence-corrected chi connectivity index (χ3v) is 4.49. The van der Waals surface area contributed by atoms with Crippen molar-refractivity contribution in [1.82, 2.24) is 5.32 Å². The number of rotatable bonds is 5. The van der Waals surface area contributed by atoms with Crippen LogP contribution in [0.2, 0.25) is 10.0 Å². The highest BCUT2D eigenvalue weighted by Crippen LogP contribution is 2.34. The van der Waals surface area contributed by atoms with Gasteiger partial charge in [-0.05, 0) is 36.7 Å². The van der Waals surface area contributed by atoms with Gasteiger partial charge in [0.2, 0.25) is 0 Å². The lowest BCUT2D eigenvalue weighted by molar-refractivity contribution is 0.546. The van der Waals surface area contributed by atoms with Crippen LogP contribution >= 0.6 is 39.1 Å². The zero-order valence-corrected chi connectivity index (χ0v) is 14.6. The highest BCUT2D eigenvalue weighted by molar-refractivity contribution is 9.10. The normalized spacial score (nSPS) is 12.4. The summed E-state index contributed by atoms with van der Waals surface area (Å²) in [5, 5.41) is 4.25. The van der Waals surface area contributed by atoms with Crippen molar-refractivity contribution in [2.45, 2.75) is 19.4 Å². The molecule has 0 spiro atoms. The van der Waals surface area contributed by atoms with Crippen LogP contribution in [0.4, 0.5) is 4.39 Å². The second-order valence-electron chi connectivity index (χ2n) is 4.70. The molecule has 1 unspecified atom stereocenters. The van der Waals surface area contributed by atoms with Crippen molar-refractivity contribution in [3.05, 3.63) is 67.9 Å². The van der Waals surface area contributed by atoms with Gasteiger partial charge in [-0.2, -0.15) is 0 Å². The zero-order valence-electron chi connectivity index (χ0n) is 11.5. The number of halogens is 4. The number of nitrogens with one attached hydrogen (secondary N) is 1. The fourth-order valence-corrected chi connectivity index (χ4v) is 2.91. The Morgan fingerprint density at radius 1 is 1.19 bits per heavy atom. The Balaban J connectivity index is 2.49. The average molecular weight is 391 g/mol. The SMILES string of the molecule is CCCNC(c1ccc(Br)cc1F)c1cccc(Cl)c1Cl. The van der Waals surface area contributed by atoms with E-state index in [2.05, 4.69) is 28.2 Å². The third-order valence-electron chi connectivity index (χ3n) is 3.16. The predicted molar refractivity (Wildman–Crippen MR) is 90.7 cm³/mol. The molecule has 0 aliphatic rings. The van der Waals surface area contributed by atoms with Gasteiger partial charge in [-0.1, -0.05) is 64.3 Å². The maximum absolute atomic E-state index is 14.3. The molecule has 0 saturated carbocycles. The Kier molecular flexibility index (Phi) is 6.06. The quantitative estimate of drug-likeness (QED) is 0.661. The first-order valence-corrected chi connectivity index (χ1v) is 8.21. The van der Waals surface area contributed by atoms with Gasteiger partial charge in [-0.25, -0.2) is 4.39 Å². The molecule has 5 heteroatoms. The lowest BCUT2D eigenvalue weighted by Gasteiger charge is -2.22. The maximum atomic E-state index is 14.3. The van der Waals surface area contributed by atoms with Crippen LogP contribution in [0.15, 0.2) is 40.9 Å². The summed E-state index contributed by atoms with van der Waals surface area (Å²) >= 11 is 15.7. The molecule has 1 nitrogen and oxygen atoms in total.